The molecule has 0 radical (unpaired) electrons. The Morgan fingerprint density at radius 3 is 2.34 bits per heavy atom. The average Bonchev–Trinajstić information content (AvgIpc) is 3.31. The lowest BCUT2D eigenvalue weighted by Crippen LogP contribution is -2.18. The summed E-state index contributed by atoms with van der Waals surface area (Å²) in [6.45, 7) is -0.643. The standard InChI is InChI=1S/C28H20F6N4O3/c29-19-7-15(8-20(30)11-19)6-17(9-21(40)13-38-12-18(14-39)26(37-38)28(32,33)34)25-22(2-1-5-36-25)16-3-4-24(31)23(10-16)27(35)41/h1-5,7-8,10-12,14,17H,6,9,13H2,(H2,35,41)/t17-/m1/s1. The van der Waals surface area contributed by atoms with Crippen LogP contribution in [0, 0.1) is 17.5 Å². The molecule has 4 rings (SSSR count). The van der Waals surface area contributed by atoms with Gasteiger partial charge in [0, 0.05) is 36.4 Å². The van der Waals surface area contributed by atoms with Gasteiger partial charge >= 0.3 is 6.18 Å². The lowest BCUT2D eigenvalue weighted by Gasteiger charge is -2.20. The van der Waals surface area contributed by atoms with Gasteiger partial charge in [0.25, 0.3) is 5.91 Å². The number of carbonyl (C=O) groups is 3. The summed E-state index contributed by atoms with van der Waals surface area (Å²) >= 11 is 0. The Labute approximate surface area is 228 Å². The van der Waals surface area contributed by atoms with Crippen LogP contribution in [0.15, 0.2) is 60.9 Å². The van der Waals surface area contributed by atoms with E-state index in [1.807, 2.05) is 0 Å². The Bertz CT molecular complexity index is 1610. The molecule has 0 aliphatic rings. The van der Waals surface area contributed by atoms with Gasteiger partial charge in [-0.3, -0.25) is 24.0 Å². The molecule has 0 bridgehead atoms. The van der Waals surface area contributed by atoms with E-state index in [2.05, 4.69) is 10.1 Å². The molecule has 4 aromatic rings. The van der Waals surface area contributed by atoms with E-state index >= 15 is 0 Å². The largest absolute Gasteiger partial charge is 0.435 e. The molecule has 7 nitrogen and oxygen atoms in total. The zero-order chi connectivity index (χ0) is 29.9. The highest BCUT2D eigenvalue weighted by Gasteiger charge is 2.37. The second-order valence-corrected chi connectivity index (χ2v) is 9.16. The minimum absolute atomic E-state index is 0.0265. The molecule has 13 heteroatoms. The Morgan fingerprint density at radius 1 is 1.02 bits per heavy atom. The third-order valence-electron chi connectivity index (χ3n) is 6.17. The third kappa shape index (κ3) is 6.86. The molecule has 1 atom stereocenters. The first-order valence-electron chi connectivity index (χ1n) is 12.0. The van der Waals surface area contributed by atoms with Crippen molar-refractivity contribution >= 4 is 18.0 Å². The molecule has 0 saturated carbocycles. The molecule has 0 aliphatic carbocycles. The van der Waals surface area contributed by atoms with Crippen LogP contribution in [-0.2, 0) is 23.9 Å². The van der Waals surface area contributed by atoms with E-state index in [0.29, 0.717) is 21.9 Å². The fourth-order valence-corrected chi connectivity index (χ4v) is 4.49. The normalized spacial score (nSPS) is 12.2. The monoisotopic (exact) mass is 574 g/mol. The van der Waals surface area contributed by atoms with Crippen LogP contribution in [0.4, 0.5) is 26.3 Å². The SMILES string of the molecule is NC(=O)c1cc(-c2cccnc2[C@@H](CC(=O)Cn2cc(C=O)c(C(F)(F)F)n2)Cc2cc(F)cc(F)c2)ccc1F. The lowest BCUT2D eigenvalue weighted by atomic mass is 9.86. The minimum atomic E-state index is -4.92. The molecule has 41 heavy (non-hydrogen) atoms. The predicted molar refractivity (Wildman–Crippen MR) is 133 cm³/mol. The van der Waals surface area contributed by atoms with E-state index in [0.717, 1.165) is 24.4 Å². The first-order chi connectivity index (χ1) is 19.3. The van der Waals surface area contributed by atoms with Gasteiger partial charge in [0.2, 0.25) is 0 Å². The second kappa shape index (κ2) is 11.7. The van der Waals surface area contributed by atoms with Crippen molar-refractivity contribution in [1.29, 1.82) is 0 Å². The van der Waals surface area contributed by atoms with Gasteiger partial charge in [0.05, 0.1) is 23.4 Å². The van der Waals surface area contributed by atoms with Crippen LogP contribution in [0.25, 0.3) is 11.1 Å². The number of aromatic nitrogens is 3. The first-order valence-corrected chi connectivity index (χ1v) is 12.0. The number of Topliss-reactive ketones (excluding diaryl/α,β-unsaturated/α-hetero) is 1. The Kier molecular flexibility index (Phi) is 8.36. The maximum absolute atomic E-state index is 14.1. The van der Waals surface area contributed by atoms with Crippen LogP contribution >= 0.6 is 0 Å². The summed E-state index contributed by atoms with van der Waals surface area (Å²) in [7, 11) is 0. The van der Waals surface area contributed by atoms with Gasteiger partial charge in [-0.05, 0) is 47.9 Å². The quantitative estimate of drug-likeness (QED) is 0.205. The number of halogens is 6. The molecule has 2 aromatic heterocycles. The molecule has 0 unspecified atom stereocenters. The van der Waals surface area contributed by atoms with Crippen molar-refractivity contribution in [3.63, 3.8) is 0 Å². The maximum atomic E-state index is 14.1. The summed E-state index contributed by atoms with van der Waals surface area (Å²) in [6.07, 6.45) is -3.26. The smallest absolute Gasteiger partial charge is 0.366 e. The van der Waals surface area contributed by atoms with Gasteiger partial charge < -0.3 is 5.73 Å². The number of hydrogen-bond acceptors (Lipinski definition) is 5. The maximum Gasteiger partial charge on any atom is 0.435 e. The number of aldehydes is 1. The molecular formula is C28H20F6N4O3. The van der Waals surface area contributed by atoms with E-state index in [9.17, 15) is 40.7 Å². The van der Waals surface area contributed by atoms with Crippen molar-refractivity contribution in [1.82, 2.24) is 14.8 Å². The van der Waals surface area contributed by atoms with Crippen molar-refractivity contribution in [3.8, 4) is 11.1 Å². The van der Waals surface area contributed by atoms with E-state index in [-0.39, 0.29) is 30.4 Å². The summed E-state index contributed by atoms with van der Waals surface area (Å²) in [5.74, 6) is -5.13. The molecule has 212 valence electrons. The zero-order valence-electron chi connectivity index (χ0n) is 21.0. The molecule has 0 spiro atoms. The number of hydrogen-bond donors (Lipinski definition) is 1. The van der Waals surface area contributed by atoms with E-state index < -0.39 is 64.6 Å². The molecule has 0 fully saturated rings. The molecule has 2 heterocycles. The number of primary amides is 1. The average molecular weight is 574 g/mol. The van der Waals surface area contributed by atoms with E-state index in [1.165, 1.54) is 24.4 Å². The van der Waals surface area contributed by atoms with Gasteiger partial charge in [-0.15, -0.1) is 0 Å². The fourth-order valence-electron chi connectivity index (χ4n) is 4.49. The topological polar surface area (TPSA) is 108 Å². The Hall–Kier alpha value is -4.81. The number of nitrogens with two attached hydrogens (primary N) is 1. The summed E-state index contributed by atoms with van der Waals surface area (Å²) in [5.41, 5.74) is 3.74. The number of ketones is 1. The predicted octanol–water partition coefficient (Wildman–Crippen LogP) is 5.28. The van der Waals surface area contributed by atoms with Crippen LogP contribution in [0.1, 0.15) is 50.0 Å². The van der Waals surface area contributed by atoms with Crippen molar-refractivity contribution < 1.29 is 40.7 Å². The van der Waals surface area contributed by atoms with Gasteiger partial charge in [-0.1, -0.05) is 12.1 Å². The van der Waals surface area contributed by atoms with Gasteiger partial charge in [-0.2, -0.15) is 18.3 Å². The fraction of sp³-hybridized carbons (Fsp3) is 0.179. The summed E-state index contributed by atoms with van der Waals surface area (Å²) in [6, 6.07) is 9.47. The molecule has 1 amide bonds. The number of carbonyl (C=O) groups excluding carboxylic acids is 3. The van der Waals surface area contributed by atoms with E-state index in [1.54, 1.807) is 6.07 Å². The van der Waals surface area contributed by atoms with Gasteiger partial charge in [-0.25, -0.2) is 13.2 Å². The third-order valence-corrected chi connectivity index (χ3v) is 6.17. The van der Waals surface area contributed by atoms with Crippen LogP contribution in [-0.4, -0.2) is 32.7 Å². The molecule has 2 aromatic carbocycles. The summed E-state index contributed by atoms with van der Waals surface area (Å²) in [5, 5.41) is 3.32. The molecule has 0 saturated heterocycles. The summed E-state index contributed by atoms with van der Waals surface area (Å²) < 4.78 is 82.3. The number of pyridine rings is 1. The van der Waals surface area contributed by atoms with Crippen molar-refractivity contribution in [2.45, 2.75) is 31.5 Å². The lowest BCUT2D eigenvalue weighted by molar-refractivity contribution is -0.142. The second-order valence-electron chi connectivity index (χ2n) is 9.16. The van der Waals surface area contributed by atoms with Crippen LogP contribution < -0.4 is 5.73 Å². The molecule has 2 N–H and O–H groups in total. The van der Waals surface area contributed by atoms with Crippen LogP contribution in [0.3, 0.4) is 0 Å². The van der Waals surface area contributed by atoms with Gasteiger partial charge in [0.15, 0.2) is 17.8 Å². The van der Waals surface area contributed by atoms with Crippen LogP contribution in [0.2, 0.25) is 0 Å². The van der Waals surface area contributed by atoms with Crippen LogP contribution in [0.5, 0.6) is 0 Å². The first kappa shape index (κ1) is 29.2. The van der Waals surface area contributed by atoms with Crippen molar-refractivity contribution in [2.24, 2.45) is 5.73 Å². The number of amides is 1. The highest BCUT2D eigenvalue weighted by Crippen LogP contribution is 2.34. The minimum Gasteiger partial charge on any atom is -0.366 e. The Morgan fingerprint density at radius 2 is 1.73 bits per heavy atom. The highest BCUT2D eigenvalue weighted by molar-refractivity contribution is 5.94. The van der Waals surface area contributed by atoms with Crippen molar-refractivity contribution in [3.05, 3.63) is 106 Å². The number of nitrogens with zero attached hydrogens (tertiary/aromatic N) is 3. The number of benzene rings is 2. The number of alkyl halides is 3. The number of rotatable bonds is 10. The van der Waals surface area contributed by atoms with E-state index in [4.69, 9.17) is 5.73 Å². The van der Waals surface area contributed by atoms with Gasteiger partial charge in [0.1, 0.15) is 17.5 Å². The molecule has 0 aliphatic heterocycles. The highest BCUT2D eigenvalue weighted by atomic mass is 19.4. The molecular weight excluding hydrogens is 554 g/mol. The Balaban J connectivity index is 1.73. The summed E-state index contributed by atoms with van der Waals surface area (Å²) in [4.78, 5) is 40.2. The zero-order valence-corrected chi connectivity index (χ0v) is 21.0. The van der Waals surface area contributed by atoms with Crippen molar-refractivity contribution in [2.75, 3.05) is 0 Å².